The van der Waals surface area contributed by atoms with E-state index < -0.39 is 6.55 Å². The van der Waals surface area contributed by atoms with Crippen molar-refractivity contribution in [1.29, 1.82) is 0 Å². The van der Waals surface area contributed by atoms with E-state index in [1.165, 1.54) is 18.5 Å². The average molecular weight is 288 g/mol. The molecule has 0 amide bonds. The largest absolute Gasteiger partial charge is 0.367 e. The van der Waals surface area contributed by atoms with Crippen LogP contribution in [0.25, 0.3) is 11.3 Å². The van der Waals surface area contributed by atoms with Crippen LogP contribution >= 0.6 is 11.6 Å². The molecule has 0 spiro atoms. The first-order valence-electron chi connectivity index (χ1n) is 5.60. The fourth-order valence-corrected chi connectivity index (χ4v) is 1.65. The van der Waals surface area contributed by atoms with E-state index >= 15 is 0 Å². The molecule has 5 nitrogen and oxygen atoms in total. The van der Waals surface area contributed by atoms with E-state index in [0.717, 1.165) is 0 Å². The van der Waals surface area contributed by atoms with Crippen LogP contribution in [-0.2, 0) is 0 Å². The predicted octanol–water partition coefficient (Wildman–Crippen LogP) is 3.21. The van der Waals surface area contributed by atoms with Crippen LogP contribution in [0.5, 0.6) is 0 Å². The van der Waals surface area contributed by atoms with Gasteiger partial charge in [-0.1, -0.05) is 0 Å². The van der Waals surface area contributed by atoms with Crippen molar-refractivity contribution < 1.29 is 8.78 Å². The van der Waals surface area contributed by atoms with Crippen molar-refractivity contribution in [2.24, 2.45) is 0 Å². The summed E-state index contributed by atoms with van der Waals surface area (Å²) in [5, 5.41) is 6.94. The molecule has 8 heteroatoms. The lowest BCUT2D eigenvalue weighted by Gasteiger charge is -2.12. The van der Waals surface area contributed by atoms with Gasteiger partial charge in [0.1, 0.15) is 5.82 Å². The Morgan fingerprint density at radius 3 is 2.68 bits per heavy atom. The summed E-state index contributed by atoms with van der Waals surface area (Å²) >= 11 is 5.74. The quantitative estimate of drug-likeness (QED) is 0.877. The van der Waals surface area contributed by atoms with Crippen LogP contribution in [-0.4, -0.2) is 25.8 Å². The van der Waals surface area contributed by atoms with Crippen LogP contribution in [0, 0.1) is 0 Å². The molecule has 0 saturated heterocycles. The van der Waals surface area contributed by atoms with Gasteiger partial charge in [-0.15, -0.1) is 0 Å². The molecule has 0 bridgehead atoms. The third-order valence-electron chi connectivity index (χ3n) is 2.27. The molecule has 2 aromatic heterocycles. The number of hydrogen-bond acceptors (Lipinski definition) is 4. The van der Waals surface area contributed by atoms with E-state index in [4.69, 9.17) is 11.6 Å². The highest BCUT2D eigenvalue weighted by Crippen LogP contribution is 2.26. The third-order valence-corrected chi connectivity index (χ3v) is 2.45. The molecule has 0 atom stereocenters. The Morgan fingerprint density at radius 2 is 2.11 bits per heavy atom. The van der Waals surface area contributed by atoms with Gasteiger partial charge in [-0.25, -0.2) is 14.6 Å². The summed E-state index contributed by atoms with van der Waals surface area (Å²) in [6.07, 6.45) is 2.66. The smallest absolute Gasteiger partial charge is 0.333 e. The van der Waals surface area contributed by atoms with E-state index in [9.17, 15) is 8.78 Å². The Hall–Kier alpha value is -1.76. The molecule has 0 saturated carbocycles. The van der Waals surface area contributed by atoms with Crippen LogP contribution in [0.3, 0.4) is 0 Å². The van der Waals surface area contributed by atoms with E-state index in [-0.39, 0.29) is 11.3 Å². The number of nitrogens with zero attached hydrogens (tertiary/aromatic N) is 4. The van der Waals surface area contributed by atoms with Crippen LogP contribution in [0.2, 0.25) is 5.28 Å². The maximum atomic E-state index is 12.5. The zero-order valence-electron chi connectivity index (χ0n) is 10.3. The zero-order chi connectivity index (χ0) is 14.0. The summed E-state index contributed by atoms with van der Waals surface area (Å²) in [6.45, 7) is 1.18. The SMILES string of the molecule is CC(C)Nc1nc(Cl)ncc1-c1ccn(C(F)F)n1. The van der Waals surface area contributed by atoms with E-state index in [0.29, 0.717) is 21.8 Å². The molecule has 19 heavy (non-hydrogen) atoms. The number of alkyl halides is 2. The number of nitrogens with one attached hydrogen (secondary N) is 1. The lowest BCUT2D eigenvalue weighted by atomic mass is 10.2. The van der Waals surface area contributed by atoms with Gasteiger partial charge >= 0.3 is 6.55 Å². The van der Waals surface area contributed by atoms with Gasteiger partial charge in [0, 0.05) is 18.4 Å². The van der Waals surface area contributed by atoms with Gasteiger partial charge in [-0.05, 0) is 31.5 Å². The highest BCUT2D eigenvalue weighted by molar-refractivity contribution is 6.28. The van der Waals surface area contributed by atoms with Crippen molar-refractivity contribution in [1.82, 2.24) is 19.7 Å². The first-order chi connectivity index (χ1) is 8.97. The number of anilines is 1. The van der Waals surface area contributed by atoms with Crippen molar-refractivity contribution in [3.63, 3.8) is 0 Å². The molecule has 2 heterocycles. The summed E-state index contributed by atoms with van der Waals surface area (Å²) in [6, 6.07) is 1.59. The van der Waals surface area contributed by atoms with Gasteiger partial charge in [-0.2, -0.15) is 13.9 Å². The molecule has 102 valence electrons. The molecular formula is C11H12ClF2N5. The van der Waals surface area contributed by atoms with Crippen LogP contribution in [0.15, 0.2) is 18.5 Å². The average Bonchev–Trinajstić information content (AvgIpc) is 2.77. The molecular weight excluding hydrogens is 276 g/mol. The predicted molar refractivity (Wildman–Crippen MR) is 68.3 cm³/mol. The Morgan fingerprint density at radius 1 is 1.37 bits per heavy atom. The number of aromatic nitrogens is 4. The summed E-state index contributed by atoms with van der Waals surface area (Å²) in [5.41, 5.74) is 0.887. The lowest BCUT2D eigenvalue weighted by molar-refractivity contribution is 0.0568. The molecule has 1 N–H and O–H groups in total. The monoisotopic (exact) mass is 287 g/mol. The molecule has 2 aromatic rings. The first kappa shape index (κ1) is 13.7. The minimum absolute atomic E-state index is 0.0835. The Balaban J connectivity index is 2.42. The van der Waals surface area contributed by atoms with Crippen LogP contribution < -0.4 is 5.32 Å². The molecule has 0 aromatic carbocycles. The fourth-order valence-electron chi connectivity index (χ4n) is 1.52. The van der Waals surface area contributed by atoms with Crippen LogP contribution in [0.1, 0.15) is 20.4 Å². The van der Waals surface area contributed by atoms with Gasteiger partial charge < -0.3 is 5.32 Å². The number of halogens is 3. The normalized spacial score (nSPS) is 11.3. The third kappa shape index (κ3) is 3.17. The summed E-state index contributed by atoms with van der Waals surface area (Å²) < 4.78 is 25.6. The van der Waals surface area contributed by atoms with Crippen LogP contribution in [0.4, 0.5) is 14.6 Å². The lowest BCUT2D eigenvalue weighted by Crippen LogP contribution is -2.12. The minimum atomic E-state index is -2.68. The summed E-state index contributed by atoms with van der Waals surface area (Å²) in [7, 11) is 0. The zero-order valence-corrected chi connectivity index (χ0v) is 11.1. The standard InChI is InChI=1S/C11H12ClF2N5/c1-6(2)16-9-7(5-15-10(12)17-9)8-3-4-19(18-8)11(13)14/h3-6,11H,1-2H3,(H,15,16,17). The molecule has 0 unspecified atom stereocenters. The van der Waals surface area contributed by atoms with Crippen molar-refractivity contribution >= 4 is 17.4 Å². The molecule has 0 fully saturated rings. The van der Waals surface area contributed by atoms with Gasteiger partial charge in [0.15, 0.2) is 0 Å². The second kappa shape index (κ2) is 5.48. The van der Waals surface area contributed by atoms with Crippen molar-refractivity contribution in [3.8, 4) is 11.3 Å². The molecule has 0 aliphatic rings. The molecule has 2 rings (SSSR count). The van der Waals surface area contributed by atoms with Crippen molar-refractivity contribution in [2.75, 3.05) is 5.32 Å². The van der Waals surface area contributed by atoms with E-state index in [1.807, 2.05) is 13.8 Å². The second-order valence-electron chi connectivity index (χ2n) is 4.16. The topological polar surface area (TPSA) is 55.6 Å². The molecule has 0 aliphatic heterocycles. The van der Waals surface area contributed by atoms with Gasteiger partial charge in [0.25, 0.3) is 0 Å². The summed E-state index contributed by atoms with van der Waals surface area (Å²) in [5.74, 6) is 0.467. The molecule has 0 aliphatic carbocycles. The maximum Gasteiger partial charge on any atom is 0.333 e. The minimum Gasteiger partial charge on any atom is -0.367 e. The van der Waals surface area contributed by atoms with Gasteiger partial charge in [-0.3, -0.25) is 0 Å². The highest BCUT2D eigenvalue weighted by atomic mass is 35.5. The second-order valence-corrected chi connectivity index (χ2v) is 4.50. The molecule has 0 radical (unpaired) electrons. The number of rotatable bonds is 4. The van der Waals surface area contributed by atoms with E-state index in [2.05, 4.69) is 20.4 Å². The fraction of sp³-hybridized carbons (Fsp3) is 0.364. The Kier molecular flexibility index (Phi) is 3.94. The Bertz CT molecular complexity index is 570. The van der Waals surface area contributed by atoms with E-state index in [1.54, 1.807) is 0 Å². The first-order valence-corrected chi connectivity index (χ1v) is 5.98. The van der Waals surface area contributed by atoms with Crippen molar-refractivity contribution in [3.05, 3.63) is 23.7 Å². The number of hydrogen-bond donors (Lipinski definition) is 1. The van der Waals surface area contributed by atoms with Gasteiger partial charge in [0.05, 0.1) is 11.3 Å². The van der Waals surface area contributed by atoms with Crippen molar-refractivity contribution in [2.45, 2.75) is 26.4 Å². The summed E-state index contributed by atoms with van der Waals surface area (Å²) in [4.78, 5) is 7.91. The maximum absolute atomic E-state index is 12.5. The highest BCUT2D eigenvalue weighted by Gasteiger charge is 2.14. The van der Waals surface area contributed by atoms with Gasteiger partial charge in [0.2, 0.25) is 5.28 Å². The Labute approximate surface area is 113 Å².